The summed E-state index contributed by atoms with van der Waals surface area (Å²) >= 11 is 0. The van der Waals surface area contributed by atoms with Crippen LogP contribution in [0, 0.1) is 0 Å². The smallest absolute Gasteiger partial charge is 0.204 e. The molecule has 0 aromatic carbocycles. The van der Waals surface area contributed by atoms with Gasteiger partial charge in [-0.1, -0.05) is 0 Å². The zero-order valence-corrected chi connectivity index (χ0v) is 9.77. The number of nitrogens with two attached hydrogens (primary N) is 1. The second kappa shape index (κ2) is 4.08. The maximum atomic E-state index is 14.2. The number of aromatic nitrogens is 4. The minimum atomic E-state index is -1.80. The van der Waals surface area contributed by atoms with Gasteiger partial charge < -0.3 is 20.7 Å². The molecule has 1 aliphatic rings. The van der Waals surface area contributed by atoms with Crippen molar-refractivity contribution in [1.29, 1.82) is 0 Å². The lowest BCUT2D eigenvalue weighted by Gasteiger charge is -2.29. The maximum Gasteiger partial charge on any atom is 0.204 e. The van der Waals surface area contributed by atoms with Crippen molar-refractivity contribution in [2.24, 2.45) is 0 Å². The Morgan fingerprint density at radius 1 is 1.53 bits per heavy atom. The monoisotopic (exact) mass is 269 g/mol. The summed E-state index contributed by atoms with van der Waals surface area (Å²) in [5.41, 5.74) is 4.42. The van der Waals surface area contributed by atoms with E-state index in [1.807, 2.05) is 0 Å². The zero-order valence-electron chi connectivity index (χ0n) is 9.77. The molecule has 0 spiro atoms. The average molecular weight is 269 g/mol. The molecule has 102 valence electrons. The van der Waals surface area contributed by atoms with E-state index in [1.165, 1.54) is 17.2 Å². The van der Waals surface area contributed by atoms with Gasteiger partial charge in [0, 0.05) is 0 Å². The van der Waals surface area contributed by atoms with Crippen LogP contribution in [0.1, 0.15) is 0 Å². The van der Waals surface area contributed by atoms with E-state index in [2.05, 4.69) is 15.0 Å². The molecule has 0 saturated carbocycles. The van der Waals surface area contributed by atoms with E-state index in [9.17, 15) is 14.6 Å². The Labute approximate surface area is 106 Å². The maximum absolute atomic E-state index is 14.2. The lowest BCUT2D eigenvalue weighted by Crippen LogP contribution is -2.46. The molecule has 0 aliphatic carbocycles. The summed E-state index contributed by atoms with van der Waals surface area (Å²) < 4.78 is 20.7. The van der Waals surface area contributed by atoms with Crippen molar-refractivity contribution in [2.45, 2.75) is 18.0 Å². The van der Waals surface area contributed by atoms with Crippen molar-refractivity contribution < 1.29 is 19.3 Å². The number of hydrogen-bond donors (Lipinski definition) is 3. The van der Waals surface area contributed by atoms with Gasteiger partial charge in [0.1, 0.15) is 17.9 Å². The van der Waals surface area contributed by atoms with E-state index in [0.717, 1.165) is 0 Å². The van der Waals surface area contributed by atoms with Crippen LogP contribution >= 0.6 is 0 Å². The van der Waals surface area contributed by atoms with Gasteiger partial charge in [-0.2, -0.15) is 0 Å². The van der Waals surface area contributed by atoms with Gasteiger partial charge in [0.25, 0.3) is 0 Å². The first kappa shape index (κ1) is 12.2. The van der Waals surface area contributed by atoms with Crippen molar-refractivity contribution in [1.82, 2.24) is 19.5 Å². The van der Waals surface area contributed by atoms with Crippen molar-refractivity contribution in [2.75, 3.05) is 18.9 Å². The lowest BCUT2D eigenvalue weighted by molar-refractivity contribution is -0.128. The van der Waals surface area contributed by atoms with Crippen molar-refractivity contribution >= 4 is 17.0 Å². The number of nitrogen functional groups attached to an aromatic ring is 1. The molecule has 1 saturated heterocycles. The van der Waals surface area contributed by atoms with E-state index in [-0.39, 0.29) is 23.6 Å². The second-order valence-electron chi connectivity index (χ2n) is 4.33. The number of halogens is 1. The number of fused-ring (bicyclic) bond motifs is 1. The summed E-state index contributed by atoms with van der Waals surface area (Å²) in [4.78, 5) is 11.7. The first-order valence-corrected chi connectivity index (χ1v) is 5.61. The number of anilines is 1. The van der Waals surface area contributed by atoms with Crippen molar-refractivity contribution in [3.8, 4) is 0 Å². The number of aliphatic hydroxyl groups is 2. The molecule has 0 unspecified atom stereocenters. The molecule has 9 heteroatoms. The van der Waals surface area contributed by atoms with Gasteiger partial charge in [-0.25, -0.2) is 19.3 Å². The normalized spacial score (nSPS) is 31.1. The number of rotatable bonds is 2. The predicted octanol–water partition coefficient (Wildman–Crippen LogP) is -1.22. The number of hydrogen-bond acceptors (Lipinski definition) is 7. The van der Waals surface area contributed by atoms with Crippen LogP contribution in [-0.2, 0) is 10.5 Å². The summed E-state index contributed by atoms with van der Waals surface area (Å²) in [7, 11) is 0. The Kier molecular flexibility index (Phi) is 2.62. The average Bonchev–Trinajstić information content (AvgIpc) is 2.96. The third-order valence-electron chi connectivity index (χ3n) is 3.27. The summed E-state index contributed by atoms with van der Waals surface area (Å²) in [5, 5.41) is 19.0. The highest BCUT2D eigenvalue weighted by Crippen LogP contribution is 2.35. The first-order chi connectivity index (χ1) is 9.10. The molecule has 2 aromatic heterocycles. The highest BCUT2D eigenvalue weighted by atomic mass is 19.1. The summed E-state index contributed by atoms with van der Waals surface area (Å²) in [5.74, 6) is 0.144. The Morgan fingerprint density at radius 2 is 2.32 bits per heavy atom. The Morgan fingerprint density at radius 3 is 2.95 bits per heavy atom. The number of ether oxygens (including phenoxy) is 1. The molecular weight excluding hydrogens is 257 g/mol. The van der Waals surface area contributed by atoms with E-state index < -0.39 is 24.6 Å². The van der Waals surface area contributed by atoms with Gasteiger partial charge in [0.2, 0.25) is 5.72 Å². The topological polar surface area (TPSA) is 119 Å². The summed E-state index contributed by atoms with van der Waals surface area (Å²) in [6, 6.07) is 0. The van der Waals surface area contributed by atoms with Crippen LogP contribution in [0.5, 0.6) is 0 Å². The van der Waals surface area contributed by atoms with Crippen LogP contribution in [-0.4, -0.2) is 55.2 Å². The fourth-order valence-corrected chi connectivity index (χ4v) is 2.24. The van der Waals surface area contributed by atoms with Crippen LogP contribution in [0.2, 0.25) is 0 Å². The van der Waals surface area contributed by atoms with Crippen LogP contribution in [0.25, 0.3) is 11.2 Å². The molecule has 0 radical (unpaired) electrons. The molecule has 3 rings (SSSR count). The minimum absolute atomic E-state index is 0.144. The Balaban J connectivity index is 2.20. The highest BCUT2D eigenvalue weighted by Gasteiger charge is 2.52. The number of imidazole rings is 1. The molecule has 0 bridgehead atoms. The standard InChI is InChI=1S/C10H12FN5O3/c11-7-5(18)1-19-10(7,2-17)16-4-15-6-8(12)13-3-14-9(6)16/h3-5,7,17-18H,1-2H2,(H2,12,13,14)/t5-,7+,10+/m1/s1. The van der Waals surface area contributed by atoms with Crippen LogP contribution in [0.3, 0.4) is 0 Å². The quantitative estimate of drug-likeness (QED) is 0.625. The SMILES string of the molecule is Nc1ncnc2c1ncn2[C@@]1(CO)OC[C@@H](O)[C@@H]1F. The third-order valence-corrected chi connectivity index (χ3v) is 3.27. The molecular formula is C10H12FN5O3. The molecule has 8 nitrogen and oxygen atoms in total. The predicted molar refractivity (Wildman–Crippen MR) is 61.7 cm³/mol. The molecule has 3 atom stereocenters. The Hall–Kier alpha value is -1.84. The highest BCUT2D eigenvalue weighted by molar-refractivity contribution is 5.81. The second-order valence-corrected chi connectivity index (χ2v) is 4.33. The van der Waals surface area contributed by atoms with Crippen molar-refractivity contribution in [3.05, 3.63) is 12.7 Å². The van der Waals surface area contributed by atoms with Gasteiger partial charge in [0.05, 0.1) is 19.5 Å². The van der Waals surface area contributed by atoms with Crippen LogP contribution in [0.15, 0.2) is 12.7 Å². The molecule has 1 aliphatic heterocycles. The fraction of sp³-hybridized carbons (Fsp3) is 0.500. The van der Waals surface area contributed by atoms with E-state index in [4.69, 9.17) is 10.5 Å². The van der Waals surface area contributed by atoms with Gasteiger partial charge in [0.15, 0.2) is 17.6 Å². The largest absolute Gasteiger partial charge is 0.391 e. The summed E-state index contributed by atoms with van der Waals surface area (Å²) in [6.45, 7) is -0.886. The fourth-order valence-electron chi connectivity index (χ4n) is 2.24. The molecule has 4 N–H and O–H groups in total. The van der Waals surface area contributed by atoms with Gasteiger partial charge >= 0.3 is 0 Å². The van der Waals surface area contributed by atoms with Gasteiger partial charge in [-0.05, 0) is 0 Å². The van der Waals surface area contributed by atoms with E-state index in [1.54, 1.807) is 0 Å². The number of aliphatic hydroxyl groups excluding tert-OH is 2. The molecule has 2 aromatic rings. The first-order valence-electron chi connectivity index (χ1n) is 5.61. The molecule has 1 fully saturated rings. The number of nitrogens with zero attached hydrogens (tertiary/aromatic N) is 4. The Bertz CT molecular complexity index is 620. The molecule has 19 heavy (non-hydrogen) atoms. The zero-order chi connectivity index (χ0) is 13.6. The minimum Gasteiger partial charge on any atom is -0.391 e. The van der Waals surface area contributed by atoms with Crippen molar-refractivity contribution in [3.63, 3.8) is 0 Å². The third kappa shape index (κ3) is 1.52. The number of alkyl halides is 1. The lowest BCUT2D eigenvalue weighted by atomic mass is 10.1. The van der Waals surface area contributed by atoms with E-state index >= 15 is 0 Å². The van der Waals surface area contributed by atoms with Crippen LogP contribution in [0.4, 0.5) is 10.2 Å². The van der Waals surface area contributed by atoms with Gasteiger partial charge in [-0.3, -0.25) is 4.57 Å². The van der Waals surface area contributed by atoms with Crippen LogP contribution < -0.4 is 5.73 Å². The summed E-state index contributed by atoms with van der Waals surface area (Å²) in [6.07, 6.45) is -0.648. The van der Waals surface area contributed by atoms with E-state index in [0.29, 0.717) is 0 Å². The molecule has 3 heterocycles. The van der Waals surface area contributed by atoms with Gasteiger partial charge in [-0.15, -0.1) is 0 Å². The molecule has 0 amide bonds.